The van der Waals surface area contributed by atoms with Crippen LogP contribution in [0.15, 0.2) is 0 Å². The average Bonchev–Trinajstić information content (AvgIpc) is 2.94. The van der Waals surface area contributed by atoms with Crippen molar-refractivity contribution >= 4 is 0 Å². The van der Waals surface area contributed by atoms with Crippen molar-refractivity contribution in [3.63, 3.8) is 0 Å². The maximum atomic E-state index is 3.50. The largest absolute Gasteiger partial charge is 0.316 e. The first-order valence-corrected chi connectivity index (χ1v) is 6.38. The molecule has 1 aliphatic carbocycles. The zero-order chi connectivity index (χ0) is 9.38. The van der Waals surface area contributed by atoms with E-state index in [1.807, 2.05) is 0 Å². The molecule has 1 N–H and O–H groups in total. The van der Waals surface area contributed by atoms with E-state index in [1.165, 1.54) is 58.3 Å². The van der Waals surface area contributed by atoms with Gasteiger partial charge in [0.1, 0.15) is 0 Å². The summed E-state index contributed by atoms with van der Waals surface area (Å²) < 4.78 is 0. The van der Waals surface area contributed by atoms with Gasteiger partial charge in [-0.2, -0.15) is 0 Å². The summed E-state index contributed by atoms with van der Waals surface area (Å²) in [4.78, 5) is 2.74. The van der Waals surface area contributed by atoms with Crippen molar-refractivity contribution in [2.24, 2.45) is 11.8 Å². The highest BCUT2D eigenvalue weighted by atomic mass is 15.2. The van der Waals surface area contributed by atoms with Gasteiger partial charge in [-0.05, 0) is 70.1 Å². The monoisotopic (exact) mass is 194 g/mol. The third-order valence-corrected chi connectivity index (χ3v) is 4.40. The zero-order valence-electron chi connectivity index (χ0n) is 9.04. The summed E-state index contributed by atoms with van der Waals surface area (Å²) in [6.45, 7) is 5.36. The first kappa shape index (κ1) is 9.17. The molecule has 2 aliphatic heterocycles. The maximum Gasteiger partial charge on any atom is 0.00964 e. The highest BCUT2D eigenvalue weighted by Gasteiger charge is 2.34. The lowest BCUT2D eigenvalue weighted by Gasteiger charge is -2.34. The Morgan fingerprint density at radius 3 is 2.21 bits per heavy atom. The zero-order valence-corrected chi connectivity index (χ0v) is 9.04. The van der Waals surface area contributed by atoms with Crippen molar-refractivity contribution in [2.45, 2.75) is 38.1 Å². The van der Waals surface area contributed by atoms with Crippen molar-refractivity contribution in [3.8, 4) is 0 Å². The number of nitrogens with zero attached hydrogens (tertiary/aromatic N) is 1. The molecule has 0 bridgehead atoms. The molecule has 0 radical (unpaired) electrons. The molecule has 14 heavy (non-hydrogen) atoms. The summed E-state index contributed by atoms with van der Waals surface area (Å²) in [7, 11) is 0. The molecule has 2 nitrogen and oxygen atoms in total. The number of hydrogen-bond acceptors (Lipinski definition) is 2. The number of likely N-dealkylation sites (tertiary alicyclic amines) is 1. The molecule has 2 heteroatoms. The summed E-state index contributed by atoms with van der Waals surface area (Å²) in [6, 6.07) is 0.998. The van der Waals surface area contributed by atoms with Gasteiger partial charge in [0.05, 0.1) is 0 Å². The van der Waals surface area contributed by atoms with E-state index in [0.717, 1.165) is 17.9 Å². The van der Waals surface area contributed by atoms with Crippen LogP contribution < -0.4 is 5.32 Å². The second-order valence-electron chi connectivity index (χ2n) is 5.36. The van der Waals surface area contributed by atoms with Gasteiger partial charge in [-0.1, -0.05) is 0 Å². The molecule has 2 saturated heterocycles. The highest BCUT2D eigenvalue weighted by Crippen LogP contribution is 2.34. The van der Waals surface area contributed by atoms with Crippen LogP contribution in [0, 0.1) is 11.8 Å². The van der Waals surface area contributed by atoms with E-state index in [-0.39, 0.29) is 0 Å². The molecule has 0 amide bonds. The van der Waals surface area contributed by atoms with E-state index in [1.54, 1.807) is 0 Å². The van der Waals surface area contributed by atoms with E-state index in [4.69, 9.17) is 0 Å². The molecular weight excluding hydrogens is 172 g/mol. The van der Waals surface area contributed by atoms with Crippen molar-refractivity contribution in [1.29, 1.82) is 0 Å². The number of nitrogens with one attached hydrogen (secondary N) is 1. The molecule has 0 aromatic carbocycles. The Labute approximate surface area is 87.0 Å². The minimum atomic E-state index is 0.998. The fourth-order valence-electron chi connectivity index (χ4n) is 3.28. The minimum absolute atomic E-state index is 0.998. The third-order valence-electron chi connectivity index (χ3n) is 4.40. The van der Waals surface area contributed by atoms with Gasteiger partial charge in [0.2, 0.25) is 0 Å². The summed E-state index contributed by atoms with van der Waals surface area (Å²) in [6.07, 6.45) is 7.35. The van der Waals surface area contributed by atoms with Crippen LogP contribution in [0.4, 0.5) is 0 Å². The molecule has 3 fully saturated rings. The Bertz CT molecular complexity index is 186. The van der Waals surface area contributed by atoms with Gasteiger partial charge in [-0.25, -0.2) is 0 Å². The fourth-order valence-corrected chi connectivity index (χ4v) is 3.28. The molecule has 0 spiro atoms. The Kier molecular flexibility index (Phi) is 2.50. The van der Waals surface area contributed by atoms with Gasteiger partial charge in [0.25, 0.3) is 0 Å². The molecule has 0 aromatic heterocycles. The SMILES string of the molecule is C1CC(C2CCN(C3CC3)CC2)CN1. The lowest BCUT2D eigenvalue weighted by molar-refractivity contribution is 0.146. The van der Waals surface area contributed by atoms with Gasteiger partial charge in [0, 0.05) is 6.04 Å². The lowest BCUT2D eigenvalue weighted by atomic mass is 9.84. The Morgan fingerprint density at radius 1 is 0.857 bits per heavy atom. The Morgan fingerprint density at radius 2 is 1.64 bits per heavy atom. The molecular formula is C12H22N2. The van der Waals surface area contributed by atoms with Crippen LogP contribution in [-0.2, 0) is 0 Å². The molecule has 2 heterocycles. The molecule has 1 atom stereocenters. The number of hydrogen-bond donors (Lipinski definition) is 1. The van der Waals surface area contributed by atoms with E-state index in [2.05, 4.69) is 10.2 Å². The second kappa shape index (κ2) is 3.82. The molecule has 80 valence electrons. The first-order chi connectivity index (χ1) is 6.93. The van der Waals surface area contributed by atoms with Crippen LogP contribution >= 0.6 is 0 Å². The quantitative estimate of drug-likeness (QED) is 0.716. The van der Waals surface area contributed by atoms with E-state index in [9.17, 15) is 0 Å². The van der Waals surface area contributed by atoms with Crippen LogP contribution in [0.5, 0.6) is 0 Å². The van der Waals surface area contributed by atoms with Crippen LogP contribution in [-0.4, -0.2) is 37.1 Å². The third kappa shape index (κ3) is 1.82. The van der Waals surface area contributed by atoms with Crippen molar-refractivity contribution < 1.29 is 0 Å². The summed E-state index contributed by atoms with van der Waals surface area (Å²) in [5.74, 6) is 2.05. The van der Waals surface area contributed by atoms with E-state index < -0.39 is 0 Å². The second-order valence-corrected chi connectivity index (χ2v) is 5.36. The van der Waals surface area contributed by atoms with Crippen LogP contribution in [0.25, 0.3) is 0 Å². The lowest BCUT2D eigenvalue weighted by Crippen LogP contribution is -2.37. The van der Waals surface area contributed by atoms with Crippen molar-refractivity contribution in [1.82, 2.24) is 10.2 Å². The van der Waals surface area contributed by atoms with Crippen LogP contribution in [0.3, 0.4) is 0 Å². The number of rotatable bonds is 2. The molecule has 0 aromatic rings. The molecule has 1 saturated carbocycles. The van der Waals surface area contributed by atoms with Crippen molar-refractivity contribution in [3.05, 3.63) is 0 Å². The van der Waals surface area contributed by atoms with E-state index in [0.29, 0.717) is 0 Å². The number of piperidine rings is 1. The van der Waals surface area contributed by atoms with E-state index >= 15 is 0 Å². The van der Waals surface area contributed by atoms with Crippen molar-refractivity contribution in [2.75, 3.05) is 26.2 Å². The fraction of sp³-hybridized carbons (Fsp3) is 1.00. The van der Waals surface area contributed by atoms with Crippen LogP contribution in [0.1, 0.15) is 32.1 Å². The molecule has 3 aliphatic rings. The van der Waals surface area contributed by atoms with Crippen LogP contribution in [0.2, 0.25) is 0 Å². The molecule has 3 rings (SSSR count). The van der Waals surface area contributed by atoms with Gasteiger partial charge < -0.3 is 10.2 Å². The average molecular weight is 194 g/mol. The first-order valence-electron chi connectivity index (χ1n) is 6.38. The predicted molar refractivity (Wildman–Crippen MR) is 58.3 cm³/mol. The van der Waals surface area contributed by atoms with Gasteiger partial charge in [0.15, 0.2) is 0 Å². The highest BCUT2D eigenvalue weighted by molar-refractivity contribution is 4.89. The topological polar surface area (TPSA) is 15.3 Å². The molecule has 1 unspecified atom stereocenters. The maximum absolute atomic E-state index is 3.50. The predicted octanol–water partition coefficient (Wildman–Crippen LogP) is 1.47. The Hall–Kier alpha value is -0.0800. The van der Waals surface area contributed by atoms with Gasteiger partial charge >= 0.3 is 0 Å². The van der Waals surface area contributed by atoms with Gasteiger partial charge in [-0.15, -0.1) is 0 Å². The summed E-state index contributed by atoms with van der Waals surface area (Å²) in [5, 5.41) is 3.50. The minimum Gasteiger partial charge on any atom is -0.316 e. The standard InChI is InChI=1S/C12H22N2/c1-2-12(1)14-7-4-10(5-8-14)11-3-6-13-9-11/h10-13H,1-9H2. The smallest absolute Gasteiger partial charge is 0.00964 e. The summed E-state index contributed by atoms with van der Waals surface area (Å²) >= 11 is 0. The summed E-state index contributed by atoms with van der Waals surface area (Å²) in [5.41, 5.74) is 0. The Balaban J connectivity index is 1.49. The van der Waals surface area contributed by atoms with Gasteiger partial charge in [-0.3, -0.25) is 0 Å². The normalized spacial score (nSPS) is 36.4.